The summed E-state index contributed by atoms with van der Waals surface area (Å²) in [6, 6.07) is 8.21. The van der Waals surface area contributed by atoms with Gasteiger partial charge in [0.1, 0.15) is 4.88 Å². The highest BCUT2D eigenvalue weighted by atomic mass is 32.1. The van der Waals surface area contributed by atoms with Crippen molar-refractivity contribution in [3.05, 3.63) is 70.2 Å². The molecule has 0 bridgehead atoms. The lowest BCUT2D eigenvalue weighted by Gasteiger charge is -2.13. The number of amides is 1. The number of hydrogen-bond donors (Lipinski definition) is 1. The minimum atomic E-state index is -0.0759. The van der Waals surface area contributed by atoms with Crippen LogP contribution in [0.2, 0.25) is 0 Å². The molecule has 0 aliphatic rings. The van der Waals surface area contributed by atoms with Crippen molar-refractivity contribution < 1.29 is 4.79 Å². The highest BCUT2D eigenvalue weighted by molar-refractivity contribution is 7.13. The summed E-state index contributed by atoms with van der Waals surface area (Å²) in [5.41, 5.74) is 2.22. The van der Waals surface area contributed by atoms with E-state index in [2.05, 4.69) is 48.2 Å². The largest absolute Gasteiger partial charge is 0.347 e. The summed E-state index contributed by atoms with van der Waals surface area (Å²) in [6.07, 6.45) is 7.16. The molecule has 6 heteroatoms. The summed E-state index contributed by atoms with van der Waals surface area (Å²) in [7, 11) is 0. The Hall–Kier alpha value is -2.47. The maximum Gasteiger partial charge on any atom is 0.263 e. The van der Waals surface area contributed by atoms with Gasteiger partial charge in [-0.2, -0.15) is 0 Å². The molecule has 0 spiro atoms. The third-order valence-electron chi connectivity index (χ3n) is 3.74. The molecule has 130 valence electrons. The lowest BCUT2D eigenvalue weighted by atomic mass is 9.98. The van der Waals surface area contributed by atoms with Gasteiger partial charge in [-0.3, -0.25) is 4.79 Å². The number of imidazole rings is 1. The number of carbonyl (C=O) groups excluding carboxylic acids is 1. The normalized spacial score (nSPS) is 11.5. The summed E-state index contributed by atoms with van der Waals surface area (Å²) in [5.74, 6) is -0.0759. The van der Waals surface area contributed by atoms with Crippen LogP contribution < -0.4 is 5.32 Å². The third kappa shape index (κ3) is 4.54. The van der Waals surface area contributed by atoms with Gasteiger partial charge in [0.15, 0.2) is 0 Å². The number of benzene rings is 1. The van der Waals surface area contributed by atoms with E-state index in [1.807, 2.05) is 22.9 Å². The molecular formula is C19H22N4OS. The molecule has 2 heterocycles. The van der Waals surface area contributed by atoms with Crippen LogP contribution in [0.15, 0.2) is 49.2 Å². The van der Waals surface area contributed by atoms with Crippen LogP contribution in [0.25, 0.3) is 0 Å². The molecule has 0 atom stereocenters. The van der Waals surface area contributed by atoms with Crippen LogP contribution >= 0.6 is 11.3 Å². The SMILES string of the molecule is CC(C)(C)c1ncc(C(=O)NCc2cccc(Cn3ccnc3)c2)s1. The van der Waals surface area contributed by atoms with E-state index in [1.165, 1.54) is 16.9 Å². The zero-order chi connectivity index (χ0) is 17.9. The zero-order valence-corrected chi connectivity index (χ0v) is 15.5. The van der Waals surface area contributed by atoms with E-state index in [9.17, 15) is 4.79 Å². The summed E-state index contributed by atoms with van der Waals surface area (Å²) in [5, 5.41) is 3.95. The predicted molar refractivity (Wildman–Crippen MR) is 99.8 cm³/mol. The molecule has 3 rings (SSSR count). The molecule has 1 amide bonds. The van der Waals surface area contributed by atoms with Crippen molar-refractivity contribution >= 4 is 17.2 Å². The molecule has 1 aromatic carbocycles. The average Bonchev–Trinajstić information content (AvgIpc) is 3.24. The number of nitrogens with one attached hydrogen (secondary N) is 1. The highest BCUT2D eigenvalue weighted by Gasteiger charge is 2.20. The molecule has 25 heavy (non-hydrogen) atoms. The lowest BCUT2D eigenvalue weighted by Crippen LogP contribution is -2.21. The molecule has 0 radical (unpaired) electrons. The number of aromatic nitrogens is 3. The Balaban J connectivity index is 1.61. The summed E-state index contributed by atoms with van der Waals surface area (Å²) < 4.78 is 2.02. The van der Waals surface area contributed by atoms with E-state index in [4.69, 9.17) is 0 Å². The van der Waals surface area contributed by atoms with Crippen molar-refractivity contribution in [2.45, 2.75) is 39.3 Å². The van der Waals surface area contributed by atoms with Crippen molar-refractivity contribution in [1.29, 1.82) is 0 Å². The van der Waals surface area contributed by atoms with E-state index < -0.39 is 0 Å². The Labute approximate surface area is 151 Å². The molecule has 0 aliphatic heterocycles. The minimum absolute atomic E-state index is 0.0369. The van der Waals surface area contributed by atoms with Crippen LogP contribution in [0.4, 0.5) is 0 Å². The van der Waals surface area contributed by atoms with Crippen LogP contribution in [0.5, 0.6) is 0 Å². The van der Waals surface area contributed by atoms with Crippen molar-refractivity contribution in [1.82, 2.24) is 19.9 Å². The summed E-state index contributed by atoms with van der Waals surface area (Å²) >= 11 is 1.46. The fourth-order valence-corrected chi connectivity index (χ4v) is 3.31. The number of rotatable bonds is 5. The predicted octanol–water partition coefficient (Wildman–Crippen LogP) is 3.62. The molecule has 0 aliphatic carbocycles. The lowest BCUT2D eigenvalue weighted by molar-refractivity contribution is 0.0954. The van der Waals surface area contributed by atoms with E-state index in [1.54, 1.807) is 18.7 Å². The van der Waals surface area contributed by atoms with Gasteiger partial charge in [-0.15, -0.1) is 11.3 Å². The molecular weight excluding hydrogens is 332 g/mol. The number of nitrogens with zero attached hydrogens (tertiary/aromatic N) is 3. The second kappa shape index (κ2) is 7.19. The van der Waals surface area contributed by atoms with Gasteiger partial charge in [-0.1, -0.05) is 45.0 Å². The van der Waals surface area contributed by atoms with Crippen LogP contribution in [-0.2, 0) is 18.5 Å². The van der Waals surface area contributed by atoms with Crippen molar-refractivity contribution in [2.75, 3.05) is 0 Å². The summed E-state index contributed by atoms with van der Waals surface area (Å²) in [4.78, 5) is 21.4. The second-order valence-electron chi connectivity index (χ2n) is 7.02. The average molecular weight is 354 g/mol. The molecule has 1 N–H and O–H groups in total. The van der Waals surface area contributed by atoms with Crippen LogP contribution in [-0.4, -0.2) is 20.4 Å². The Kier molecular flexibility index (Phi) is 4.99. The van der Waals surface area contributed by atoms with Gasteiger partial charge >= 0.3 is 0 Å². The number of thiazole rings is 1. The fourth-order valence-electron chi connectivity index (χ4n) is 2.42. The Morgan fingerprint density at radius 3 is 2.76 bits per heavy atom. The molecule has 5 nitrogen and oxygen atoms in total. The zero-order valence-electron chi connectivity index (χ0n) is 14.7. The van der Waals surface area contributed by atoms with Crippen molar-refractivity contribution in [3.8, 4) is 0 Å². The van der Waals surface area contributed by atoms with E-state index in [0.717, 1.165) is 17.1 Å². The van der Waals surface area contributed by atoms with Crippen LogP contribution in [0, 0.1) is 0 Å². The number of carbonyl (C=O) groups is 1. The second-order valence-corrected chi connectivity index (χ2v) is 8.05. The van der Waals surface area contributed by atoms with Gasteiger partial charge in [0.25, 0.3) is 5.91 Å². The Morgan fingerprint density at radius 2 is 2.08 bits per heavy atom. The van der Waals surface area contributed by atoms with Gasteiger partial charge in [0.05, 0.1) is 17.5 Å². The van der Waals surface area contributed by atoms with Crippen molar-refractivity contribution in [2.24, 2.45) is 0 Å². The van der Waals surface area contributed by atoms with Gasteiger partial charge in [0.2, 0.25) is 0 Å². The summed E-state index contributed by atoms with van der Waals surface area (Å²) in [6.45, 7) is 7.56. The van der Waals surface area contributed by atoms with E-state index in [-0.39, 0.29) is 11.3 Å². The van der Waals surface area contributed by atoms with E-state index >= 15 is 0 Å². The molecule has 0 fully saturated rings. The molecule has 2 aromatic heterocycles. The molecule has 0 saturated heterocycles. The third-order valence-corrected chi connectivity index (χ3v) is 5.16. The molecule has 3 aromatic rings. The standard InChI is InChI=1S/C19H22N4OS/c1-19(2,3)18-22-11-16(25-18)17(24)21-10-14-5-4-6-15(9-14)12-23-8-7-20-13-23/h4-9,11,13H,10,12H2,1-3H3,(H,21,24). The van der Waals surface area contributed by atoms with Gasteiger partial charge < -0.3 is 9.88 Å². The Bertz CT molecular complexity index is 846. The maximum atomic E-state index is 12.3. The first-order valence-corrected chi connectivity index (χ1v) is 9.01. The van der Waals surface area contributed by atoms with Crippen LogP contribution in [0.3, 0.4) is 0 Å². The van der Waals surface area contributed by atoms with Gasteiger partial charge in [-0.05, 0) is 11.1 Å². The van der Waals surface area contributed by atoms with E-state index in [0.29, 0.717) is 11.4 Å². The fraction of sp³-hybridized carbons (Fsp3) is 0.316. The van der Waals surface area contributed by atoms with Gasteiger partial charge in [0, 0.05) is 30.9 Å². The molecule has 0 saturated carbocycles. The molecule has 0 unspecified atom stereocenters. The minimum Gasteiger partial charge on any atom is -0.347 e. The first kappa shape index (κ1) is 17.4. The first-order valence-electron chi connectivity index (χ1n) is 8.20. The monoisotopic (exact) mass is 354 g/mol. The van der Waals surface area contributed by atoms with Gasteiger partial charge in [-0.25, -0.2) is 9.97 Å². The topological polar surface area (TPSA) is 59.8 Å². The van der Waals surface area contributed by atoms with Crippen molar-refractivity contribution in [3.63, 3.8) is 0 Å². The van der Waals surface area contributed by atoms with Crippen LogP contribution in [0.1, 0.15) is 46.6 Å². The first-order chi connectivity index (χ1) is 11.9. The number of hydrogen-bond acceptors (Lipinski definition) is 4. The maximum absolute atomic E-state index is 12.3. The Morgan fingerprint density at radius 1 is 1.28 bits per heavy atom. The quantitative estimate of drug-likeness (QED) is 0.761. The smallest absolute Gasteiger partial charge is 0.263 e. The highest BCUT2D eigenvalue weighted by Crippen LogP contribution is 2.26.